The smallest absolute Gasteiger partial charge is 0.123 e. The Balaban J connectivity index is 2.53. The SMILES string of the molecule is Cc1ccc(Nc2cc(C(C)(C)C)c(O)c(C(C)(C)C)c2)cc1. The van der Waals surface area contributed by atoms with Gasteiger partial charge in [0.1, 0.15) is 5.75 Å². The van der Waals surface area contributed by atoms with Gasteiger partial charge in [0.05, 0.1) is 0 Å². The maximum Gasteiger partial charge on any atom is 0.123 e. The van der Waals surface area contributed by atoms with E-state index in [1.54, 1.807) is 0 Å². The minimum Gasteiger partial charge on any atom is -0.507 e. The van der Waals surface area contributed by atoms with Crippen LogP contribution in [-0.4, -0.2) is 5.11 Å². The summed E-state index contributed by atoms with van der Waals surface area (Å²) in [7, 11) is 0. The van der Waals surface area contributed by atoms with Crippen molar-refractivity contribution in [2.45, 2.75) is 59.3 Å². The third-order valence-corrected chi connectivity index (χ3v) is 4.07. The van der Waals surface area contributed by atoms with Gasteiger partial charge < -0.3 is 10.4 Å². The first-order valence-electron chi connectivity index (χ1n) is 8.20. The Morgan fingerprint density at radius 2 is 1.17 bits per heavy atom. The van der Waals surface area contributed by atoms with Gasteiger partial charge in [0.2, 0.25) is 0 Å². The number of nitrogens with one attached hydrogen (secondary N) is 1. The van der Waals surface area contributed by atoms with Crippen molar-refractivity contribution in [1.82, 2.24) is 0 Å². The molecule has 2 aromatic rings. The summed E-state index contributed by atoms with van der Waals surface area (Å²) in [5.41, 5.74) is 5.03. The summed E-state index contributed by atoms with van der Waals surface area (Å²) in [5, 5.41) is 14.2. The third kappa shape index (κ3) is 4.07. The molecule has 0 saturated carbocycles. The second-order valence-electron chi connectivity index (χ2n) is 8.41. The fraction of sp³-hybridized carbons (Fsp3) is 0.429. The van der Waals surface area contributed by atoms with E-state index in [-0.39, 0.29) is 10.8 Å². The first-order chi connectivity index (χ1) is 10.5. The van der Waals surface area contributed by atoms with Crippen molar-refractivity contribution in [3.8, 4) is 5.75 Å². The van der Waals surface area contributed by atoms with Crippen LogP contribution in [0.15, 0.2) is 36.4 Å². The maximum atomic E-state index is 10.8. The molecule has 0 radical (unpaired) electrons. The highest BCUT2D eigenvalue weighted by Gasteiger charge is 2.26. The van der Waals surface area contributed by atoms with E-state index < -0.39 is 0 Å². The molecule has 0 spiro atoms. The van der Waals surface area contributed by atoms with Crippen LogP contribution < -0.4 is 5.32 Å². The van der Waals surface area contributed by atoms with E-state index >= 15 is 0 Å². The fourth-order valence-electron chi connectivity index (χ4n) is 2.65. The molecule has 2 rings (SSSR count). The van der Waals surface area contributed by atoms with Crippen molar-refractivity contribution in [2.75, 3.05) is 5.32 Å². The lowest BCUT2D eigenvalue weighted by atomic mass is 9.79. The lowest BCUT2D eigenvalue weighted by Gasteiger charge is -2.28. The van der Waals surface area contributed by atoms with Crippen molar-refractivity contribution >= 4 is 11.4 Å². The molecule has 0 aliphatic rings. The average molecular weight is 311 g/mol. The molecule has 0 bridgehead atoms. The van der Waals surface area contributed by atoms with Gasteiger partial charge in [0, 0.05) is 22.5 Å². The van der Waals surface area contributed by atoms with Crippen LogP contribution in [0.5, 0.6) is 5.75 Å². The molecule has 2 N–H and O–H groups in total. The molecule has 2 nitrogen and oxygen atoms in total. The predicted octanol–water partition coefficient (Wildman–Crippen LogP) is 6.04. The zero-order valence-electron chi connectivity index (χ0n) is 15.4. The molecule has 0 fully saturated rings. The van der Waals surface area contributed by atoms with Crippen LogP contribution in [0.2, 0.25) is 0 Å². The lowest BCUT2D eigenvalue weighted by Crippen LogP contribution is -2.17. The molecule has 0 aliphatic carbocycles. The lowest BCUT2D eigenvalue weighted by molar-refractivity contribution is 0.423. The summed E-state index contributed by atoms with van der Waals surface area (Å²) in [6.45, 7) is 14.9. The topological polar surface area (TPSA) is 32.3 Å². The molecule has 2 heteroatoms. The number of anilines is 2. The van der Waals surface area contributed by atoms with Gasteiger partial charge in [-0.15, -0.1) is 0 Å². The van der Waals surface area contributed by atoms with Crippen molar-refractivity contribution in [1.29, 1.82) is 0 Å². The molecule has 124 valence electrons. The highest BCUT2D eigenvalue weighted by atomic mass is 16.3. The number of hydrogen-bond donors (Lipinski definition) is 2. The van der Waals surface area contributed by atoms with Gasteiger partial charge >= 0.3 is 0 Å². The van der Waals surface area contributed by atoms with Crippen LogP contribution in [0, 0.1) is 6.92 Å². The number of phenols is 1. The Labute approximate surface area is 140 Å². The molecule has 23 heavy (non-hydrogen) atoms. The van der Waals surface area contributed by atoms with E-state index in [1.807, 2.05) is 0 Å². The van der Waals surface area contributed by atoms with Gasteiger partial charge in [-0.3, -0.25) is 0 Å². The first-order valence-corrected chi connectivity index (χ1v) is 8.20. The average Bonchev–Trinajstić information content (AvgIpc) is 2.40. The molecule has 0 aromatic heterocycles. The first kappa shape index (κ1) is 17.4. The van der Waals surface area contributed by atoms with Crippen molar-refractivity contribution < 1.29 is 5.11 Å². The molecule has 0 amide bonds. The van der Waals surface area contributed by atoms with Gasteiger partial charge in [0.25, 0.3) is 0 Å². The largest absolute Gasteiger partial charge is 0.507 e. The van der Waals surface area contributed by atoms with Crippen LogP contribution in [0.25, 0.3) is 0 Å². The number of phenolic OH excluding ortho intramolecular Hbond substituents is 1. The van der Waals surface area contributed by atoms with E-state index in [9.17, 15) is 5.11 Å². The highest BCUT2D eigenvalue weighted by molar-refractivity contribution is 5.65. The van der Waals surface area contributed by atoms with Crippen LogP contribution in [0.3, 0.4) is 0 Å². The summed E-state index contributed by atoms with van der Waals surface area (Å²) in [6, 6.07) is 12.5. The van der Waals surface area contributed by atoms with Gasteiger partial charge in [-0.2, -0.15) is 0 Å². The van der Waals surface area contributed by atoms with Crippen molar-refractivity contribution in [3.05, 3.63) is 53.1 Å². The molecule has 2 aromatic carbocycles. The van der Waals surface area contributed by atoms with E-state index in [1.165, 1.54) is 5.56 Å². The Hall–Kier alpha value is -1.96. The maximum absolute atomic E-state index is 10.8. The van der Waals surface area contributed by atoms with Gasteiger partial charge in [-0.25, -0.2) is 0 Å². The quantitative estimate of drug-likeness (QED) is 0.663. The third-order valence-electron chi connectivity index (χ3n) is 4.07. The van der Waals surface area contributed by atoms with Crippen LogP contribution in [0.1, 0.15) is 58.2 Å². The van der Waals surface area contributed by atoms with Crippen molar-refractivity contribution in [3.63, 3.8) is 0 Å². The normalized spacial score (nSPS) is 12.3. The van der Waals surface area contributed by atoms with Crippen LogP contribution >= 0.6 is 0 Å². The van der Waals surface area contributed by atoms with Gasteiger partial charge in [-0.1, -0.05) is 59.2 Å². The standard InChI is InChI=1S/C21H29NO/c1-14-8-10-15(11-9-14)22-16-12-17(20(2,3)4)19(23)18(13-16)21(5,6)7/h8-13,22-23H,1-7H3. The molecular weight excluding hydrogens is 282 g/mol. The zero-order chi connectivity index (χ0) is 17.4. The molecular formula is C21H29NO. The summed E-state index contributed by atoms with van der Waals surface area (Å²) >= 11 is 0. The fourth-order valence-corrected chi connectivity index (χ4v) is 2.65. The van der Waals surface area contributed by atoms with E-state index in [2.05, 4.69) is 90.2 Å². The number of rotatable bonds is 2. The van der Waals surface area contributed by atoms with Gasteiger partial charge in [0.15, 0.2) is 0 Å². The predicted molar refractivity (Wildman–Crippen MR) is 100.0 cm³/mol. The number of aromatic hydroxyl groups is 1. The monoisotopic (exact) mass is 311 g/mol. The minimum atomic E-state index is -0.116. The number of benzene rings is 2. The summed E-state index contributed by atoms with van der Waals surface area (Å²) < 4.78 is 0. The summed E-state index contributed by atoms with van der Waals surface area (Å²) in [5.74, 6) is 0.416. The van der Waals surface area contributed by atoms with Crippen molar-refractivity contribution in [2.24, 2.45) is 0 Å². The number of aryl methyl sites for hydroxylation is 1. The van der Waals surface area contributed by atoms with Crippen LogP contribution in [-0.2, 0) is 10.8 Å². The van der Waals surface area contributed by atoms with Gasteiger partial charge in [-0.05, 0) is 42.0 Å². The molecule has 0 heterocycles. The van der Waals surface area contributed by atoms with Crippen LogP contribution in [0.4, 0.5) is 11.4 Å². The molecule has 0 atom stereocenters. The molecule has 0 unspecified atom stereocenters. The highest BCUT2D eigenvalue weighted by Crippen LogP contribution is 2.41. The Kier molecular flexibility index (Phi) is 4.48. The number of hydrogen-bond acceptors (Lipinski definition) is 2. The summed E-state index contributed by atoms with van der Waals surface area (Å²) in [4.78, 5) is 0. The second kappa shape index (κ2) is 5.92. The zero-order valence-corrected chi connectivity index (χ0v) is 15.4. The van der Waals surface area contributed by atoms with E-state index in [4.69, 9.17) is 0 Å². The molecule has 0 saturated heterocycles. The second-order valence-corrected chi connectivity index (χ2v) is 8.41. The van der Waals surface area contributed by atoms with E-state index in [0.717, 1.165) is 22.5 Å². The Morgan fingerprint density at radius 1 is 0.739 bits per heavy atom. The Bertz CT molecular complexity index is 650. The molecule has 0 aliphatic heterocycles. The Morgan fingerprint density at radius 3 is 1.57 bits per heavy atom. The minimum absolute atomic E-state index is 0.116. The summed E-state index contributed by atoms with van der Waals surface area (Å²) in [6.07, 6.45) is 0. The van der Waals surface area contributed by atoms with E-state index in [0.29, 0.717) is 5.75 Å².